The zero-order valence-corrected chi connectivity index (χ0v) is 7.01. The molecule has 0 spiro atoms. The lowest BCUT2D eigenvalue weighted by atomic mass is 10.2. The van der Waals surface area contributed by atoms with Crippen LogP contribution in [-0.4, -0.2) is 11.0 Å². The van der Waals surface area contributed by atoms with Gasteiger partial charge in [-0.25, -0.2) is 0 Å². The molecule has 0 saturated heterocycles. The number of allylic oxidation sites excluding steroid dienone is 1. The molecule has 0 aliphatic heterocycles. The molecule has 5 heteroatoms. The number of nitro groups is 1. The van der Waals surface area contributed by atoms with E-state index in [1.54, 1.807) is 0 Å². The topological polar surface area (TPSA) is 60.2 Å². The number of carbonyl (C=O) groups is 1. The van der Waals surface area contributed by atoms with Gasteiger partial charge < -0.3 is 0 Å². The molecule has 72 valence electrons. The summed E-state index contributed by atoms with van der Waals surface area (Å²) in [6.07, 6.45) is 1.99. The Morgan fingerprint density at radius 2 is 1.93 bits per heavy atom. The number of non-ortho nitro benzene ring substituents is 1. The largest absolute Gasteiger partial charge is 0.324 e. The molecular weight excluding hydrogens is 189 g/mol. The minimum Gasteiger partial charge on any atom is -0.258 e. The van der Waals surface area contributed by atoms with Crippen LogP contribution < -0.4 is 0 Å². The number of hydrogen-bond donors (Lipinski definition) is 0. The van der Waals surface area contributed by atoms with Crippen LogP contribution in [0.5, 0.6) is 0 Å². The van der Waals surface area contributed by atoms with E-state index >= 15 is 0 Å². The zero-order chi connectivity index (χ0) is 10.6. The highest BCUT2D eigenvalue weighted by molar-refractivity contribution is 5.86. The van der Waals surface area contributed by atoms with Crippen molar-refractivity contribution in [1.82, 2.24) is 0 Å². The molecule has 0 saturated carbocycles. The number of hydrogen-bond acceptors (Lipinski definition) is 3. The molecule has 1 aromatic rings. The summed E-state index contributed by atoms with van der Waals surface area (Å²) in [4.78, 5) is 19.6. The van der Waals surface area contributed by atoms with Crippen LogP contribution in [0.25, 0.3) is 6.08 Å². The SMILES string of the molecule is O=C(F)/C=C/c1ccc([N+](=O)[O-])cc1. The Hall–Kier alpha value is -2.04. The number of benzene rings is 1. The standard InChI is InChI=1S/C9H6FNO3/c10-9(12)6-3-7-1-4-8(5-2-7)11(13)14/h1-6H/b6-3+. The number of halogens is 1. The van der Waals surface area contributed by atoms with Crippen LogP contribution in [-0.2, 0) is 4.79 Å². The van der Waals surface area contributed by atoms with Gasteiger partial charge in [0.15, 0.2) is 0 Å². The van der Waals surface area contributed by atoms with Crippen LogP contribution in [0.1, 0.15) is 5.56 Å². The first-order valence-corrected chi connectivity index (χ1v) is 3.71. The Balaban J connectivity index is 2.83. The lowest BCUT2D eigenvalue weighted by molar-refractivity contribution is -0.384. The van der Waals surface area contributed by atoms with E-state index in [4.69, 9.17) is 0 Å². The summed E-state index contributed by atoms with van der Waals surface area (Å²) in [7, 11) is 0. The molecule has 0 radical (unpaired) electrons. The fourth-order valence-corrected chi connectivity index (χ4v) is 0.869. The van der Waals surface area contributed by atoms with Gasteiger partial charge >= 0.3 is 6.04 Å². The number of nitrogens with zero attached hydrogens (tertiary/aromatic N) is 1. The Labute approximate surface area is 78.8 Å². The third-order valence-electron chi connectivity index (χ3n) is 1.51. The van der Waals surface area contributed by atoms with Crippen LogP contribution in [0.15, 0.2) is 30.3 Å². The second kappa shape index (κ2) is 4.27. The van der Waals surface area contributed by atoms with Crippen molar-refractivity contribution in [3.63, 3.8) is 0 Å². The Morgan fingerprint density at radius 3 is 2.36 bits per heavy atom. The molecule has 1 rings (SSSR count). The fraction of sp³-hybridized carbons (Fsp3) is 0. The van der Waals surface area contributed by atoms with Gasteiger partial charge in [0, 0.05) is 18.2 Å². The first-order valence-electron chi connectivity index (χ1n) is 3.71. The Morgan fingerprint density at radius 1 is 1.36 bits per heavy atom. The summed E-state index contributed by atoms with van der Waals surface area (Å²) in [6.45, 7) is 0. The van der Waals surface area contributed by atoms with Crippen LogP contribution in [0.2, 0.25) is 0 Å². The van der Waals surface area contributed by atoms with Gasteiger partial charge in [0.1, 0.15) is 0 Å². The predicted octanol–water partition coefficient (Wildman–Crippen LogP) is 2.10. The van der Waals surface area contributed by atoms with Gasteiger partial charge in [0.05, 0.1) is 4.92 Å². The van der Waals surface area contributed by atoms with E-state index in [-0.39, 0.29) is 5.69 Å². The van der Waals surface area contributed by atoms with Crippen molar-refractivity contribution in [2.45, 2.75) is 0 Å². The van der Waals surface area contributed by atoms with Crippen LogP contribution >= 0.6 is 0 Å². The number of nitro benzene ring substituents is 1. The summed E-state index contributed by atoms with van der Waals surface area (Å²) < 4.78 is 11.8. The van der Waals surface area contributed by atoms with Crippen molar-refractivity contribution < 1.29 is 14.1 Å². The molecule has 0 aliphatic rings. The molecule has 0 amide bonds. The smallest absolute Gasteiger partial charge is 0.258 e. The minimum atomic E-state index is -1.55. The van der Waals surface area contributed by atoms with Crippen molar-refractivity contribution in [2.24, 2.45) is 0 Å². The lowest BCUT2D eigenvalue weighted by Gasteiger charge is -1.92. The van der Waals surface area contributed by atoms with Crippen molar-refractivity contribution in [3.8, 4) is 0 Å². The molecule has 0 aromatic heterocycles. The van der Waals surface area contributed by atoms with Gasteiger partial charge in [-0.05, 0) is 23.8 Å². The Kier molecular flexibility index (Phi) is 3.06. The second-order valence-corrected chi connectivity index (χ2v) is 2.49. The quantitative estimate of drug-likeness (QED) is 0.321. The summed E-state index contributed by atoms with van der Waals surface area (Å²) in [5, 5.41) is 10.3. The van der Waals surface area contributed by atoms with Gasteiger partial charge in [-0.15, -0.1) is 0 Å². The van der Waals surface area contributed by atoms with Crippen molar-refractivity contribution in [3.05, 3.63) is 46.0 Å². The highest BCUT2D eigenvalue weighted by Gasteiger charge is 2.02. The molecule has 0 aliphatic carbocycles. The molecule has 0 fully saturated rings. The van der Waals surface area contributed by atoms with Gasteiger partial charge in [-0.2, -0.15) is 4.39 Å². The third kappa shape index (κ3) is 2.78. The monoisotopic (exact) mass is 195 g/mol. The summed E-state index contributed by atoms with van der Waals surface area (Å²) in [5.41, 5.74) is 0.482. The van der Waals surface area contributed by atoms with E-state index in [1.165, 1.54) is 30.3 Å². The van der Waals surface area contributed by atoms with E-state index in [0.717, 1.165) is 6.08 Å². The van der Waals surface area contributed by atoms with Gasteiger partial charge in [-0.3, -0.25) is 14.9 Å². The minimum absolute atomic E-state index is 0.0475. The fourth-order valence-electron chi connectivity index (χ4n) is 0.869. The predicted molar refractivity (Wildman–Crippen MR) is 48.2 cm³/mol. The highest BCUT2D eigenvalue weighted by atomic mass is 19.1. The van der Waals surface area contributed by atoms with Gasteiger partial charge in [-0.1, -0.05) is 0 Å². The van der Waals surface area contributed by atoms with Gasteiger partial charge in [0.25, 0.3) is 5.69 Å². The maximum atomic E-state index is 11.8. The average molecular weight is 195 g/mol. The molecule has 0 bridgehead atoms. The molecule has 0 atom stereocenters. The van der Waals surface area contributed by atoms with E-state index in [2.05, 4.69) is 0 Å². The van der Waals surface area contributed by atoms with Crippen molar-refractivity contribution >= 4 is 17.8 Å². The first-order chi connectivity index (χ1) is 6.59. The van der Waals surface area contributed by atoms with E-state index in [9.17, 15) is 19.3 Å². The molecule has 0 heterocycles. The van der Waals surface area contributed by atoms with Gasteiger partial charge in [0.2, 0.25) is 0 Å². The maximum absolute atomic E-state index is 11.8. The molecule has 0 unspecified atom stereocenters. The maximum Gasteiger partial charge on any atom is 0.324 e. The molecule has 4 nitrogen and oxygen atoms in total. The van der Waals surface area contributed by atoms with Crippen LogP contribution in [0.4, 0.5) is 10.1 Å². The highest BCUT2D eigenvalue weighted by Crippen LogP contribution is 2.12. The van der Waals surface area contributed by atoms with Crippen molar-refractivity contribution in [2.75, 3.05) is 0 Å². The van der Waals surface area contributed by atoms with Crippen molar-refractivity contribution in [1.29, 1.82) is 0 Å². The average Bonchev–Trinajstić information content (AvgIpc) is 2.15. The normalized spacial score (nSPS) is 10.4. The van der Waals surface area contributed by atoms with Crippen LogP contribution in [0.3, 0.4) is 0 Å². The Bertz CT molecular complexity index is 384. The summed E-state index contributed by atoms with van der Waals surface area (Å²) >= 11 is 0. The molecule has 14 heavy (non-hydrogen) atoms. The molecular formula is C9H6FNO3. The van der Waals surface area contributed by atoms with E-state index in [0.29, 0.717) is 5.56 Å². The first kappa shape index (κ1) is 10.0. The zero-order valence-electron chi connectivity index (χ0n) is 7.01. The number of carbonyl (C=O) groups excluding carboxylic acids is 1. The van der Waals surface area contributed by atoms with Crippen LogP contribution in [0, 0.1) is 10.1 Å². The molecule has 1 aromatic carbocycles. The second-order valence-electron chi connectivity index (χ2n) is 2.49. The van der Waals surface area contributed by atoms with E-state index in [1.807, 2.05) is 0 Å². The number of rotatable bonds is 3. The lowest BCUT2D eigenvalue weighted by Crippen LogP contribution is -1.86. The third-order valence-corrected chi connectivity index (χ3v) is 1.51. The van der Waals surface area contributed by atoms with E-state index < -0.39 is 11.0 Å². The summed E-state index contributed by atoms with van der Waals surface area (Å²) in [5.74, 6) is 0. The molecule has 0 N–H and O–H groups in total. The summed E-state index contributed by atoms with van der Waals surface area (Å²) in [6, 6.07) is 3.86.